The number of ether oxygens (including phenoxy) is 1. The molecule has 0 aromatic heterocycles. The topological polar surface area (TPSA) is 49.7 Å². The van der Waals surface area contributed by atoms with Gasteiger partial charge in [0.25, 0.3) is 0 Å². The van der Waals surface area contributed by atoms with Gasteiger partial charge in [-0.2, -0.15) is 0 Å². The highest BCUT2D eigenvalue weighted by Crippen LogP contribution is 2.43. The van der Waals surface area contributed by atoms with E-state index in [0.29, 0.717) is 11.5 Å². The summed E-state index contributed by atoms with van der Waals surface area (Å²) in [7, 11) is 0. The van der Waals surface area contributed by atoms with Crippen molar-refractivity contribution in [1.29, 1.82) is 0 Å². The lowest BCUT2D eigenvalue weighted by atomic mass is 9.89. The van der Waals surface area contributed by atoms with E-state index in [1.165, 1.54) is 0 Å². The third kappa shape index (κ3) is 5.56. The molecule has 0 radical (unpaired) electrons. The molecule has 2 N–H and O–H groups in total. The second-order valence-electron chi connectivity index (χ2n) is 9.24. The number of aromatic hydroxyl groups is 2. The molecule has 0 spiro atoms. The van der Waals surface area contributed by atoms with Crippen LogP contribution in [0.25, 0.3) is 0 Å². The highest BCUT2D eigenvalue weighted by Gasteiger charge is 2.21. The Morgan fingerprint density at radius 1 is 0.548 bits per heavy atom. The average molecular weight is 427 g/mol. The van der Waals surface area contributed by atoms with Crippen LogP contribution in [0.1, 0.15) is 127 Å². The van der Waals surface area contributed by atoms with Gasteiger partial charge in [-0.1, -0.05) is 55.4 Å². The lowest BCUT2D eigenvalue weighted by Gasteiger charge is -2.22. The van der Waals surface area contributed by atoms with E-state index in [4.69, 9.17) is 4.74 Å². The maximum Gasteiger partial charge on any atom is 0.128 e. The Balaban J connectivity index is 2.61. The maximum absolute atomic E-state index is 10.9. The molecule has 0 bridgehead atoms. The first-order valence-electron chi connectivity index (χ1n) is 12.1. The fourth-order valence-electron chi connectivity index (χ4n) is 3.94. The number of phenolic OH excluding ortho intramolecular Hbond substituents is 2. The Bertz CT molecular complexity index is 737. The van der Waals surface area contributed by atoms with Crippen molar-refractivity contribution in [3.8, 4) is 23.0 Å². The van der Waals surface area contributed by atoms with Gasteiger partial charge in [-0.05, 0) is 73.6 Å². The number of rotatable bonds is 10. The second-order valence-corrected chi connectivity index (χ2v) is 9.24. The molecule has 2 aromatic carbocycles. The summed E-state index contributed by atoms with van der Waals surface area (Å²) in [6, 6.07) is 7.92. The normalized spacial score (nSPS) is 15.4. The standard InChI is InChI=1S/C28H42O3/c1-9-17(5)23-13-21(14-24(27(23)29)18(6)10-2)31-22-15-25(19(7)11-3)28(30)26(16-22)20(8)12-4/h13-20,29-30H,9-12H2,1-8H3. The Morgan fingerprint density at radius 3 is 0.968 bits per heavy atom. The molecule has 0 heterocycles. The van der Waals surface area contributed by atoms with Crippen LogP contribution in [0.4, 0.5) is 0 Å². The lowest BCUT2D eigenvalue weighted by Crippen LogP contribution is -2.02. The van der Waals surface area contributed by atoms with Crippen LogP contribution < -0.4 is 4.74 Å². The molecule has 2 aromatic rings. The largest absolute Gasteiger partial charge is 0.507 e. The summed E-state index contributed by atoms with van der Waals surface area (Å²) in [6.07, 6.45) is 3.80. The fraction of sp³-hybridized carbons (Fsp3) is 0.571. The van der Waals surface area contributed by atoms with Crippen molar-refractivity contribution < 1.29 is 14.9 Å². The van der Waals surface area contributed by atoms with E-state index in [-0.39, 0.29) is 23.7 Å². The van der Waals surface area contributed by atoms with Crippen molar-refractivity contribution >= 4 is 0 Å². The quantitative estimate of drug-likeness (QED) is 0.398. The first kappa shape index (κ1) is 25.1. The average Bonchev–Trinajstić information content (AvgIpc) is 2.78. The molecular formula is C28H42O3. The van der Waals surface area contributed by atoms with Gasteiger partial charge in [0.05, 0.1) is 0 Å². The Morgan fingerprint density at radius 2 is 0.774 bits per heavy atom. The molecule has 31 heavy (non-hydrogen) atoms. The minimum Gasteiger partial charge on any atom is -0.507 e. The molecule has 172 valence electrons. The molecule has 3 heteroatoms. The SMILES string of the molecule is CCC(C)c1cc(Oc2cc(C(C)CC)c(O)c(C(C)CC)c2)cc(C(C)CC)c1O. The van der Waals surface area contributed by atoms with Crippen LogP contribution in [-0.2, 0) is 0 Å². The first-order chi connectivity index (χ1) is 14.7. The van der Waals surface area contributed by atoms with Gasteiger partial charge in [0.15, 0.2) is 0 Å². The van der Waals surface area contributed by atoms with Crippen LogP contribution in [0, 0.1) is 0 Å². The highest BCUT2D eigenvalue weighted by molar-refractivity contribution is 5.53. The van der Waals surface area contributed by atoms with E-state index in [9.17, 15) is 10.2 Å². The smallest absolute Gasteiger partial charge is 0.128 e. The summed E-state index contributed by atoms with van der Waals surface area (Å²) in [4.78, 5) is 0. The zero-order valence-corrected chi connectivity index (χ0v) is 20.7. The number of hydrogen-bond acceptors (Lipinski definition) is 3. The first-order valence-corrected chi connectivity index (χ1v) is 12.1. The van der Waals surface area contributed by atoms with Crippen molar-refractivity contribution in [2.75, 3.05) is 0 Å². The van der Waals surface area contributed by atoms with E-state index < -0.39 is 0 Å². The van der Waals surface area contributed by atoms with Crippen LogP contribution in [-0.4, -0.2) is 10.2 Å². The Hall–Kier alpha value is -2.16. The van der Waals surface area contributed by atoms with Gasteiger partial charge < -0.3 is 14.9 Å². The molecule has 0 aliphatic heterocycles. The van der Waals surface area contributed by atoms with Gasteiger partial charge in [-0.3, -0.25) is 0 Å². The fourth-order valence-corrected chi connectivity index (χ4v) is 3.94. The number of hydrogen-bond donors (Lipinski definition) is 2. The van der Waals surface area contributed by atoms with E-state index in [2.05, 4.69) is 55.4 Å². The minimum atomic E-state index is 0.248. The zero-order valence-electron chi connectivity index (χ0n) is 20.7. The zero-order chi connectivity index (χ0) is 23.3. The highest BCUT2D eigenvalue weighted by atomic mass is 16.5. The summed E-state index contributed by atoms with van der Waals surface area (Å²) >= 11 is 0. The van der Waals surface area contributed by atoms with Crippen molar-refractivity contribution in [3.05, 3.63) is 46.5 Å². The van der Waals surface area contributed by atoms with Gasteiger partial charge in [-0.25, -0.2) is 0 Å². The Kier molecular flexibility index (Phi) is 8.85. The van der Waals surface area contributed by atoms with Gasteiger partial charge in [0.1, 0.15) is 23.0 Å². The summed E-state index contributed by atoms with van der Waals surface area (Å²) in [5.41, 5.74) is 3.77. The molecule has 0 saturated heterocycles. The molecule has 2 rings (SSSR count). The van der Waals surface area contributed by atoms with E-state index in [1.807, 2.05) is 24.3 Å². The van der Waals surface area contributed by atoms with Gasteiger partial charge in [-0.15, -0.1) is 0 Å². The molecule has 3 nitrogen and oxygen atoms in total. The summed E-state index contributed by atoms with van der Waals surface area (Å²) < 4.78 is 6.41. The van der Waals surface area contributed by atoms with Crippen molar-refractivity contribution in [2.24, 2.45) is 0 Å². The van der Waals surface area contributed by atoms with Crippen molar-refractivity contribution in [3.63, 3.8) is 0 Å². The lowest BCUT2D eigenvalue weighted by molar-refractivity contribution is 0.432. The second kappa shape index (κ2) is 10.9. The number of benzene rings is 2. The molecule has 0 amide bonds. The number of phenols is 2. The van der Waals surface area contributed by atoms with Crippen LogP contribution in [0.5, 0.6) is 23.0 Å². The molecule has 0 saturated carbocycles. The third-order valence-corrected chi connectivity index (χ3v) is 7.09. The monoisotopic (exact) mass is 426 g/mol. The van der Waals surface area contributed by atoms with Crippen LogP contribution in [0.3, 0.4) is 0 Å². The van der Waals surface area contributed by atoms with Crippen molar-refractivity contribution in [1.82, 2.24) is 0 Å². The maximum atomic E-state index is 10.9. The van der Waals surface area contributed by atoms with E-state index >= 15 is 0 Å². The summed E-state index contributed by atoms with van der Waals surface area (Å²) in [5, 5.41) is 21.9. The molecular weight excluding hydrogens is 384 g/mol. The van der Waals surface area contributed by atoms with Gasteiger partial charge in [0.2, 0.25) is 0 Å². The third-order valence-electron chi connectivity index (χ3n) is 7.09. The van der Waals surface area contributed by atoms with Crippen LogP contribution in [0.15, 0.2) is 24.3 Å². The van der Waals surface area contributed by atoms with Gasteiger partial charge >= 0.3 is 0 Å². The van der Waals surface area contributed by atoms with Crippen LogP contribution >= 0.6 is 0 Å². The Labute approximate surface area is 189 Å². The van der Waals surface area contributed by atoms with Crippen LogP contribution in [0.2, 0.25) is 0 Å². The summed E-state index contributed by atoms with van der Waals surface area (Å²) in [6.45, 7) is 17.1. The molecule has 4 unspecified atom stereocenters. The molecule has 0 fully saturated rings. The van der Waals surface area contributed by atoms with Crippen molar-refractivity contribution in [2.45, 2.75) is 105 Å². The summed E-state index contributed by atoms with van der Waals surface area (Å²) in [5.74, 6) is 3.30. The molecule has 4 atom stereocenters. The van der Waals surface area contributed by atoms with E-state index in [1.54, 1.807) is 0 Å². The molecule has 0 aliphatic rings. The minimum absolute atomic E-state index is 0.248. The van der Waals surface area contributed by atoms with E-state index in [0.717, 1.165) is 59.4 Å². The predicted molar refractivity (Wildman–Crippen MR) is 131 cm³/mol. The molecule has 0 aliphatic carbocycles. The van der Waals surface area contributed by atoms with Gasteiger partial charge in [0, 0.05) is 22.3 Å². The predicted octanol–water partition coefficient (Wildman–Crippen LogP) is 8.94.